The lowest BCUT2D eigenvalue weighted by atomic mass is 10.0. The largest absolute Gasteiger partial charge is 0.398 e. The maximum atomic E-state index is 6.24. The number of nitrogens with zero attached hydrogens (tertiary/aromatic N) is 3. The van der Waals surface area contributed by atoms with Crippen LogP contribution in [-0.4, -0.2) is 14.5 Å². The number of hydrogen-bond acceptors (Lipinski definition) is 3. The second-order valence-corrected chi connectivity index (χ2v) is 5.15. The maximum absolute atomic E-state index is 6.24. The summed E-state index contributed by atoms with van der Waals surface area (Å²) in [7, 11) is 1.99. The number of rotatable bonds is 1. The fraction of sp³-hybridized carbons (Fsp3) is 0.0588. The van der Waals surface area contributed by atoms with Gasteiger partial charge in [-0.3, -0.25) is 4.98 Å². The SMILES string of the molecule is Cn1c(-c2cc3ccccc3cc2N)nc2ccncc21. The van der Waals surface area contributed by atoms with E-state index in [1.807, 2.05) is 42.1 Å². The van der Waals surface area contributed by atoms with E-state index in [9.17, 15) is 0 Å². The van der Waals surface area contributed by atoms with Crippen molar-refractivity contribution in [3.05, 3.63) is 54.9 Å². The summed E-state index contributed by atoms with van der Waals surface area (Å²) in [6, 6.07) is 14.2. The van der Waals surface area contributed by atoms with Gasteiger partial charge in [-0.15, -0.1) is 0 Å². The summed E-state index contributed by atoms with van der Waals surface area (Å²) >= 11 is 0. The smallest absolute Gasteiger partial charge is 0.143 e. The molecule has 0 radical (unpaired) electrons. The lowest BCUT2D eigenvalue weighted by molar-refractivity contribution is 0.957. The number of aromatic nitrogens is 3. The Labute approximate surface area is 121 Å². The highest BCUT2D eigenvalue weighted by molar-refractivity contribution is 5.93. The standard InChI is InChI=1S/C17H14N4/c1-21-16-10-19-7-6-15(16)20-17(21)13-8-11-4-2-3-5-12(11)9-14(13)18/h2-10H,18H2,1H3. The molecule has 2 aromatic carbocycles. The van der Waals surface area contributed by atoms with Crippen LogP contribution in [0.25, 0.3) is 33.2 Å². The number of nitrogens with two attached hydrogens (primary N) is 1. The number of pyridine rings is 1. The molecule has 0 aliphatic heterocycles. The van der Waals surface area contributed by atoms with Crippen LogP contribution in [0.2, 0.25) is 0 Å². The molecule has 0 atom stereocenters. The Kier molecular flexibility index (Phi) is 2.44. The third kappa shape index (κ3) is 1.76. The highest BCUT2D eigenvalue weighted by Crippen LogP contribution is 2.31. The van der Waals surface area contributed by atoms with Crippen molar-refractivity contribution >= 4 is 27.5 Å². The van der Waals surface area contributed by atoms with E-state index >= 15 is 0 Å². The van der Waals surface area contributed by atoms with Crippen molar-refractivity contribution in [3.63, 3.8) is 0 Å². The number of benzene rings is 2. The molecule has 4 rings (SSSR count). The van der Waals surface area contributed by atoms with Crippen molar-refractivity contribution < 1.29 is 0 Å². The molecule has 0 aliphatic carbocycles. The van der Waals surface area contributed by atoms with Gasteiger partial charge in [0, 0.05) is 24.5 Å². The summed E-state index contributed by atoms with van der Waals surface area (Å²) in [4.78, 5) is 8.85. The zero-order valence-corrected chi connectivity index (χ0v) is 11.6. The van der Waals surface area contributed by atoms with E-state index in [1.54, 1.807) is 6.20 Å². The van der Waals surface area contributed by atoms with Gasteiger partial charge in [0.05, 0.1) is 17.2 Å². The van der Waals surface area contributed by atoms with Crippen molar-refractivity contribution in [3.8, 4) is 11.4 Å². The second kappa shape index (κ2) is 4.31. The van der Waals surface area contributed by atoms with E-state index in [4.69, 9.17) is 10.7 Å². The number of nitrogen functional groups attached to an aromatic ring is 1. The van der Waals surface area contributed by atoms with E-state index in [0.29, 0.717) is 0 Å². The molecule has 0 saturated heterocycles. The van der Waals surface area contributed by atoms with Crippen molar-refractivity contribution in [2.24, 2.45) is 7.05 Å². The first kappa shape index (κ1) is 11.9. The first-order chi connectivity index (χ1) is 10.2. The Hall–Kier alpha value is -2.88. The van der Waals surface area contributed by atoms with Gasteiger partial charge in [-0.2, -0.15) is 0 Å². The maximum Gasteiger partial charge on any atom is 0.143 e. The van der Waals surface area contributed by atoms with Gasteiger partial charge in [0.1, 0.15) is 5.82 Å². The molecule has 0 aliphatic rings. The molecular formula is C17H14N4. The predicted molar refractivity (Wildman–Crippen MR) is 85.9 cm³/mol. The van der Waals surface area contributed by atoms with Gasteiger partial charge in [0.25, 0.3) is 0 Å². The highest BCUT2D eigenvalue weighted by atomic mass is 15.1. The second-order valence-electron chi connectivity index (χ2n) is 5.15. The normalized spacial score (nSPS) is 11.3. The first-order valence-corrected chi connectivity index (χ1v) is 6.79. The molecule has 2 aromatic heterocycles. The molecule has 0 fully saturated rings. The molecule has 0 saturated carbocycles. The minimum absolute atomic E-state index is 0.736. The van der Waals surface area contributed by atoms with Crippen molar-refractivity contribution in [2.75, 3.05) is 5.73 Å². The van der Waals surface area contributed by atoms with Crippen LogP contribution in [0, 0.1) is 0 Å². The Morgan fingerprint density at radius 1 is 1.05 bits per heavy atom. The van der Waals surface area contributed by atoms with E-state index < -0.39 is 0 Å². The van der Waals surface area contributed by atoms with Gasteiger partial charge in [0.15, 0.2) is 0 Å². The van der Waals surface area contributed by atoms with E-state index in [0.717, 1.165) is 38.9 Å². The minimum Gasteiger partial charge on any atom is -0.398 e. The fourth-order valence-corrected chi connectivity index (χ4v) is 2.73. The van der Waals surface area contributed by atoms with Gasteiger partial charge in [0.2, 0.25) is 0 Å². The summed E-state index contributed by atoms with van der Waals surface area (Å²) in [5.41, 5.74) is 9.85. The van der Waals surface area contributed by atoms with Crippen molar-refractivity contribution in [1.82, 2.24) is 14.5 Å². The highest BCUT2D eigenvalue weighted by Gasteiger charge is 2.13. The molecule has 4 heteroatoms. The molecule has 2 heterocycles. The Bertz CT molecular complexity index is 969. The van der Waals surface area contributed by atoms with Crippen LogP contribution < -0.4 is 5.73 Å². The zero-order valence-electron chi connectivity index (χ0n) is 11.6. The number of fused-ring (bicyclic) bond motifs is 2. The lowest BCUT2D eigenvalue weighted by Crippen LogP contribution is -1.97. The third-order valence-electron chi connectivity index (χ3n) is 3.84. The first-order valence-electron chi connectivity index (χ1n) is 6.79. The predicted octanol–water partition coefficient (Wildman–Crippen LogP) is 3.37. The van der Waals surface area contributed by atoms with Crippen LogP contribution in [0.3, 0.4) is 0 Å². The van der Waals surface area contributed by atoms with Crippen LogP contribution in [0.4, 0.5) is 5.69 Å². The Morgan fingerprint density at radius 2 is 1.81 bits per heavy atom. The summed E-state index contributed by atoms with van der Waals surface area (Å²) < 4.78 is 2.03. The van der Waals surface area contributed by atoms with Crippen LogP contribution in [0.15, 0.2) is 54.9 Å². The van der Waals surface area contributed by atoms with Crippen molar-refractivity contribution in [1.29, 1.82) is 0 Å². The van der Waals surface area contributed by atoms with E-state index in [-0.39, 0.29) is 0 Å². The molecule has 0 amide bonds. The van der Waals surface area contributed by atoms with Gasteiger partial charge in [-0.25, -0.2) is 4.98 Å². The third-order valence-corrected chi connectivity index (χ3v) is 3.84. The molecule has 2 N–H and O–H groups in total. The van der Waals surface area contributed by atoms with Crippen LogP contribution in [-0.2, 0) is 7.05 Å². The Balaban J connectivity index is 2.03. The molecule has 0 spiro atoms. The van der Waals surface area contributed by atoms with Gasteiger partial charge < -0.3 is 10.3 Å². The Morgan fingerprint density at radius 3 is 2.57 bits per heavy atom. The van der Waals surface area contributed by atoms with Gasteiger partial charge in [-0.1, -0.05) is 24.3 Å². The summed E-state index contributed by atoms with van der Waals surface area (Å²) in [6.45, 7) is 0. The van der Waals surface area contributed by atoms with E-state index in [1.165, 1.54) is 0 Å². The van der Waals surface area contributed by atoms with E-state index in [2.05, 4.69) is 23.2 Å². The minimum atomic E-state index is 0.736. The number of aryl methyl sites for hydroxylation is 1. The van der Waals surface area contributed by atoms with Crippen LogP contribution in [0.1, 0.15) is 0 Å². The summed E-state index contributed by atoms with van der Waals surface area (Å²) in [5.74, 6) is 0.862. The lowest BCUT2D eigenvalue weighted by Gasteiger charge is -2.08. The molecular weight excluding hydrogens is 260 g/mol. The fourth-order valence-electron chi connectivity index (χ4n) is 2.73. The topological polar surface area (TPSA) is 56.7 Å². The quantitative estimate of drug-likeness (QED) is 0.541. The number of imidazole rings is 1. The molecule has 0 unspecified atom stereocenters. The van der Waals surface area contributed by atoms with Crippen LogP contribution >= 0.6 is 0 Å². The zero-order chi connectivity index (χ0) is 14.4. The van der Waals surface area contributed by atoms with Crippen LogP contribution in [0.5, 0.6) is 0 Å². The molecule has 102 valence electrons. The molecule has 0 bridgehead atoms. The molecule has 4 aromatic rings. The molecule has 4 nitrogen and oxygen atoms in total. The number of anilines is 1. The monoisotopic (exact) mass is 274 g/mol. The van der Waals surface area contributed by atoms with Gasteiger partial charge in [-0.05, 0) is 29.0 Å². The van der Waals surface area contributed by atoms with Crippen molar-refractivity contribution in [2.45, 2.75) is 0 Å². The summed E-state index contributed by atoms with van der Waals surface area (Å²) in [5, 5.41) is 2.30. The number of hydrogen-bond donors (Lipinski definition) is 1. The summed E-state index contributed by atoms with van der Waals surface area (Å²) in [6.07, 6.45) is 3.58. The average molecular weight is 274 g/mol. The van der Waals surface area contributed by atoms with Gasteiger partial charge >= 0.3 is 0 Å². The molecule has 21 heavy (non-hydrogen) atoms. The average Bonchev–Trinajstić information content (AvgIpc) is 2.84.